The number of pyridine rings is 1. The molecule has 0 saturated carbocycles. The Morgan fingerprint density at radius 2 is 1.97 bits per heavy atom. The molecule has 2 aromatic heterocycles. The first kappa shape index (κ1) is 30.5. The van der Waals surface area contributed by atoms with E-state index >= 15 is 0 Å². The summed E-state index contributed by atoms with van der Waals surface area (Å²) in [5.41, 5.74) is -1.76. The highest BCUT2D eigenvalue weighted by Gasteiger charge is 2.46. The number of carbonyl (C=O) groups is 2. The number of nitrogens with one attached hydrogen (secondary N) is 2. The Kier molecular flexibility index (Phi) is 9.09. The first-order valence-corrected chi connectivity index (χ1v) is 12.6. The number of likely N-dealkylation sites (tertiary alicyclic amines) is 1. The third kappa shape index (κ3) is 6.96. The van der Waals surface area contributed by atoms with Gasteiger partial charge in [-0.2, -0.15) is 13.2 Å². The average Bonchev–Trinajstić information content (AvgIpc) is 3.41. The van der Waals surface area contributed by atoms with Crippen LogP contribution in [0.5, 0.6) is 0 Å². The molecule has 3 rings (SSSR count). The van der Waals surface area contributed by atoms with Gasteiger partial charge in [-0.1, -0.05) is 6.92 Å². The van der Waals surface area contributed by atoms with Gasteiger partial charge in [-0.15, -0.1) is 11.3 Å². The van der Waals surface area contributed by atoms with Crippen LogP contribution >= 0.6 is 11.3 Å². The van der Waals surface area contributed by atoms with Gasteiger partial charge in [0.1, 0.15) is 17.6 Å². The Balaban J connectivity index is 2.11. The number of alkyl halides is 7. The number of hydrogen-bond acceptors (Lipinski definition) is 7. The summed E-state index contributed by atoms with van der Waals surface area (Å²) < 4.78 is 95.8. The minimum absolute atomic E-state index is 0.290. The van der Waals surface area contributed by atoms with Gasteiger partial charge >= 0.3 is 6.18 Å². The largest absolute Gasteiger partial charge is 0.408 e. The maximum atomic E-state index is 14.1. The number of rotatable bonds is 9. The molecule has 39 heavy (non-hydrogen) atoms. The van der Waals surface area contributed by atoms with Crippen molar-refractivity contribution < 1.29 is 45.4 Å². The van der Waals surface area contributed by atoms with Crippen LogP contribution in [-0.2, 0) is 0 Å². The zero-order chi connectivity index (χ0) is 29.3. The molecule has 2 amide bonds. The van der Waals surface area contributed by atoms with E-state index in [9.17, 15) is 45.4 Å². The number of halogens is 7. The number of aromatic nitrogens is 2. The molecule has 1 aliphatic heterocycles. The van der Waals surface area contributed by atoms with E-state index in [1.165, 1.54) is 20.8 Å². The fourth-order valence-corrected chi connectivity index (χ4v) is 5.00. The molecule has 1 fully saturated rings. The highest BCUT2D eigenvalue weighted by molar-refractivity contribution is 7.17. The summed E-state index contributed by atoms with van der Waals surface area (Å²) >= 11 is 0.508. The molecule has 1 saturated heterocycles. The lowest BCUT2D eigenvalue weighted by Gasteiger charge is -2.22. The molecule has 0 aliphatic carbocycles. The Morgan fingerprint density at radius 3 is 2.49 bits per heavy atom. The molecular weight excluding hydrogens is 559 g/mol. The van der Waals surface area contributed by atoms with Crippen molar-refractivity contribution in [1.82, 2.24) is 20.2 Å². The van der Waals surface area contributed by atoms with Gasteiger partial charge in [0.15, 0.2) is 5.01 Å². The van der Waals surface area contributed by atoms with E-state index in [2.05, 4.69) is 20.6 Å². The van der Waals surface area contributed by atoms with Gasteiger partial charge in [0.05, 0.1) is 18.0 Å². The lowest BCUT2D eigenvalue weighted by atomic mass is 10.1. The normalized spacial score (nSPS) is 18.8. The van der Waals surface area contributed by atoms with Crippen molar-refractivity contribution >= 4 is 29.0 Å². The lowest BCUT2D eigenvalue weighted by molar-refractivity contribution is -0.142. The number of aliphatic hydroxyl groups is 1. The lowest BCUT2D eigenvalue weighted by Crippen LogP contribution is -2.36. The first-order chi connectivity index (χ1) is 18.1. The second-order valence-electron chi connectivity index (χ2n) is 9.20. The summed E-state index contributed by atoms with van der Waals surface area (Å²) in [5.74, 6) is -5.59. The van der Waals surface area contributed by atoms with Crippen LogP contribution in [0.1, 0.15) is 65.9 Å². The number of carbonyl (C=O) groups excluding carboxylic acids is 2. The van der Waals surface area contributed by atoms with Gasteiger partial charge in [0.2, 0.25) is 0 Å². The summed E-state index contributed by atoms with van der Waals surface area (Å²) in [7, 11) is 0. The number of amides is 2. The second kappa shape index (κ2) is 11.6. The minimum Gasteiger partial charge on any atom is -0.394 e. The third-order valence-electron chi connectivity index (χ3n) is 6.01. The Bertz CT molecular complexity index is 1210. The maximum absolute atomic E-state index is 14.1. The maximum Gasteiger partial charge on any atom is 0.408 e. The van der Waals surface area contributed by atoms with Crippen LogP contribution in [0.15, 0.2) is 12.3 Å². The van der Waals surface area contributed by atoms with Crippen LogP contribution in [0, 0.1) is 0 Å². The van der Waals surface area contributed by atoms with Crippen molar-refractivity contribution in [2.75, 3.05) is 18.5 Å². The zero-order valence-electron chi connectivity index (χ0n) is 21.0. The Hall–Kier alpha value is -3.01. The van der Waals surface area contributed by atoms with E-state index in [1.807, 2.05) is 0 Å². The van der Waals surface area contributed by atoms with Crippen molar-refractivity contribution in [3.05, 3.63) is 28.5 Å². The number of aliphatic hydroxyl groups excluding tert-OH is 1. The molecule has 0 spiro atoms. The highest BCUT2D eigenvalue weighted by Crippen LogP contribution is 2.40. The van der Waals surface area contributed by atoms with Gasteiger partial charge < -0.3 is 20.6 Å². The fraction of sp³-hybridized carbons (Fsp3) is 0.565. The Morgan fingerprint density at radius 1 is 1.31 bits per heavy atom. The molecule has 3 heterocycles. The summed E-state index contributed by atoms with van der Waals surface area (Å²) in [6.07, 6.45) is -8.16. The zero-order valence-corrected chi connectivity index (χ0v) is 21.8. The molecule has 216 valence electrons. The molecule has 3 N–H and O–H groups in total. The predicted molar refractivity (Wildman–Crippen MR) is 128 cm³/mol. The molecule has 16 heteroatoms. The van der Waals surface area contributed by atoms with E-state index in [-0.39, 0.29) is 9.88 Å². The van der Waals surface area contributed by atoms with Crippen LogP contribution in [-0.4, -0.2) is 75.2 Å². The average molecular weight is 586 g/mol. The third-order valence-corrected chi connectivity index (χ3v) is 7.09. The van der Waals surface area contributed by atoms with Gasteiger partial charge in [-0.3, -0.25) is 9.59 Å². The van der Waals surface area contributed by atoms with Crippen molar-refractivity contribution in [3.8, 4) is 10.4 Å². The van der Waals surface area contributed by atoms with Crippen LogP contribution in [0.3, 0.4) is 0 Å². The number of anilines is 1. The van der Waals surface area contributed by atoms with Gasteiger partial charge in [0.25, 0.3) is 24.2 Å². The van der Waals surface area contributed by atoms with Crippen LogP contribution in [0.4, 0.5) is 36.6 Å². The Labute approximate surface area is 222 Å². The molecule has 2 aromatic rings. The molecule has 8 nitrogen and oxygen atoms in total. The van der Waals surface area contributed by atoms with Crippen molar-refractivity contribution in [2.45, 2.75) is 70.3 Å². The standard InChI is InChI=1S/C23H26F7N5O3S/c1-4-14(23(28,29)30)33-15-5-12(18(24)25)13(7-31-15)17-16(21(38)35-9-22(26,27)6-11(35)3)34-20(39-17)19(37)32-10(2)8-36/h5,7,10-11,14,18,36H,4,6,8-9H2,1-3H3,(H,31,33)(H,32,37)/t10?,11-,14?/m0/s1. The number of hydrogen-bond donors (Lipinski definition) is 3. The van der Waals surface area contributed by atoms with Crippen molar-refractivity contribution in [3.63, 3.8) is 0 Å². The van der Waals surface area contributed by atoms with Gasteiger partial charge in [-0.25, -0.2) is 27.5 Å². The molecule has 0 aromatic carbocycles. The predicted octanol–water partition coefficient (Wildman–Crippen LogP) is 4.88. The van der Waals surface area contributed by atoms with Crippen LogP contribution in [0.2, 0.25) is 0 Å². The highest BCUT2D eigenvalue weighted by atomic mass is 32.1. The summed E-state index contributed by atoms with van der Waals surface area (Å²) in [6.45, 7) is 2.68. The SMILES string of the molecule is CCC(Nc1cc(C(F)F)c(-c2sc(C(=O)NC(C)CO)nc2C(=O)N2CC(F)(F)C[C@@H]2C)cn1)C(F)(F)F. The van der Waals surface area contributed by atoms with Crippen LogP contribution in [0.25, 0.3) is 10.4 Å². The van der Waals surface area contributed by atoms with Gasteiger partial charge in [-0.05, 0) is 26.3 Å². The monoisotopic (exact) mass is 585 g/mol. The summed E-state index contributed by atoms with van der Waals surface area (Å²) in [5, 5.41) is 13.3. The number of nitrogens with zero attached hydrogens (tertiary/aromatic N) is 3. The van der Waals surface area contributed by atoms with E-state index in [4.69, 9.17) is 0 Å². The molecule has 0 bridgehead atoms. The van der Waals surface area contributed by atoms with Gasteiger partial charge in [0, 0.05) is 35.8 Å². The fourth-order valence-electron chi connectivity index (χ4n) is 4.01. The summed E-state index contributed by atoms with van der Waals surface area (Å²) in [4.78, 5) is 34.3. The topological polar surface area (TPSA) is 107 Å². The van der Waals surface area contributed by atoms with Crippen LogP contribution < -0.4 is 10.6 Å². The van der Waals surface area contributed by atoms with E-state index in [0.29, 0.717) is 17.4 Å². The van der Waals surface area contributed by atoms with E-state index in [1.54, 1.807) is 0 Å². The minimum atomic E-state index is -4.68. The molecule has 2 unspecified atom stereocenters. The van der Waals surface area contributed by atoms with E-state index in [0.717, 1.165) is 11.1 Å². The van der Waals surface area contributed by atoms with Crippen molar-refractivity contribution in [2.24, 2.45) is 0 Å². The quantitative estimate of drug-likeness (QED) is 0.363. The first-order valence-electron chi connectivity index (χ1n) is 11.8. The molecular formula is C23H26F7N5O3S. The second-order valence-corrected chi connectivity index (χ2v) is 10.2. The number of thiazole rings is 1. The molecule has 3 atom stereocenters. The molecule has 0 radical (unpaired) electrons. The smallest absolute Gasteiger partial charge is 0.394 e. The molecule has 1 aliphatic rings. The summed E-state index contributed by atoms with van der Waals surface area (Å²) in [6, 6.07) is -3.03. The van der Waals surface area contributed by atoms with Crippen molar-refractivity contribution in [1.29, 1.82) is 0 Å². The van der Waals surface area contributed by atoms with E-state index < -0.39 is 97.1 Å².